The molecule has 1 aromatic carbocycles. The smallest absolute Gasteiger partial charge is 0.247 e. The summed E-state index contributed by atoms with van der Waals surface area (Å²) >= 11 is 2.70. The highest BCUT2D eigenvalue weighted by Gasteiger charge is 2.31. The van der Waals surface area contributed by atoms with E-state index in [1.807, 2.05) is 6.07 Å². The van der Waals surface area contributed by atoms with Crippen LogP contribution in [0.25, 0.3) is 0 Å². The van der Waals surface area contributed by atoms with E-state index in [4.69, 9.17) is 5.14 Å². The van der Waals surface area contributed by atoms with Crippen molar-refractivity contribution in [1.82, 2.24) is 5.32 Å². The number of nitrogens with two attached hydrogens (primary N) is 1. The second-order valence-electron chi connectivity index (χ2n) is 6.37. The van der Waals surface area contributed by atoms with E-state index in [1.54, 1.807) is 24.3 Å². The number of thiophene rings is 1. The van der Waals surface area contributed by atoms with Crippen molar-refractivity contribution in [2.75, 3.05) is 17.4 Å². The summed E-state index contributed by atoms with van der Waals surface area (Å²) in [6, 6.07) is 8.68. The van der Waals surface area contributed by atoms with E-state index >= 15 is 0 Å². The maximum Gasteiger partial charge on any atom is 0.247 e. The number of hydrogen-bond acceptors (Lipinski definition) is 7. The molecule has 0 saturated carbocycles. The molecule has 1 aromatic heterocycles. The SMILES string of the molecule is CC(C)CN[C@@H]1CN(c2cccc(O)c2)Sc2cc(S(N)(=O)=O)sc21. The molecular weight excluding hydrogens is 378 g/mol. The fourth-order valence-electron chi connectivity index (χ4n) is 2.57. The summed E-state index contributed by atoms with van der Waals surface area (Å²) < 4.78 is 25.7. The molecule has 1 atom stereocenters. The second kappa shape index (κ2) is 7.16. The number of nitrogens with one attached hydrogen (secondary N) is 1. The topological polar surface area (TPSA) is 95.7 Å². The summed E-state index contributed by atoms with van der Waals surface area (Å²) in [5, 5.41) is 18.6. The summed E-state index contributed by atoms with van der Waals surface area (Å²) in [5.41, 5.74) is 0.871. The third-order valence-electron chi connectivity index (χ3n) is 3.75. The molecule has 2 aromatic rings. The zero-order valence-corrected chi connectivity index (χ0v) is 16.4. The molecule has 9 heteroatoms. The first-order valence-electron chi connectivity index (χ1n) is 7.88. The summed E-state index contributed by atoms with van der Waals surface area (Å²) in [6.45, 7) is 5.75. The summed E-state index contributed by atoms with van der Waals surface area (Å²) in [7, 11) is -3.72. The molecular formula is C16H21N3O3S3. The van der Waals surface area contributed by atoms with Crippen molar-refractivity contribution in [1.29, 1.82) is 0 Å². The van der Waals surface area contributed by atoms with Gasteiger partial charge in [0.05, 0.1) is 18.3 Å². The van der Waals surface area contributed by atoms with E-state index < -0.39 is 10.0 Å². The minimum Gasteiger partial charge on any atom is -0.508 e. The van der Waals surface area contributed by atoms with Gasteiger partial charge in [0.1, 0.15) is 9.96 Å². The predicted octanol–water partition coefficient (Wildman–Crippen LogP) is 2.92. The molecule has 0 fully saturated rings. The van der Waals surface area contributed by atoms with Crippen LogP contribution in [0.2, 0.25) is 0 Å². The number of hydrogen-bond donors (Lipinski definition) is 3. The van der Waals surface area contributed by atoms with Crippen LogP contribution in [0.1, 0.15) is 24.8 Å². The van der Waals surface area contributed by atoms with Gasteiger partial charge < -0.3 is 14.7 Å². The Kier molecular flexibility index (Phi) is 5.31. The highest BCUT2D eigenvalue weighted by atomic mass is 32.2. The number of benzene rings is 1. The van der Waals surface area contributed by atoms with Crippen molar-refractivity contribution in [3.05, 3.63) is 35.2 Å². The molecule has 1 aliphatic heterocycles. The number of phenols is 1. The van der Waals surface area contributed by atoms with E-state index in [0.29, 0.717) is 12.5 Å². The summed E-state index contributed by atoms with van der Waals surface area (Å²) in [6.07, 6.45) is 0. The van der Waals surface area contributed by atoms with Crippen molar-refractivity contribution in [2.45, 2.75) is 29.0 Å². The van der Waals surface area contributed by atoms with E-state index in [2.05, 4.69) is 23.5 Å². The normalized spacial score (nSPS) is 17.8. The van der Waals surface area contributed by atoms with Crippen molar-refractivity contribution in [2.24, 2.45) is 11.1 Å². The van der Waals surface area contributed by atoms with Crippen molar-refractivity contribution >= 4 is 39.0 Å². The van der Waals surface area contributed by atoms with Gasteiger partial charge in [-0.3, -0.25) is 0 Å². The van der Waals surface area contributed by atoms with Crippen LogP contribution in [0.15, 0.2) is 39.4 Å². The van der Waals surface area contributed by atoms with E-state index in [0.717, 1.165) is 22.0 Å². The number of rotatable bonds is 5. The van der Waals surface area contributed by atoms with Crippen molar-refractivity contribution < 1.29 is 13.5 Å². The molecule has 0 saturated heterocycles. The van der Waals surface area contributed by atoms with Gasteiger partial charge in [-0.25, -0.2) is 13.6 Å². The number of nitrogens with zero attached hydrogens (tertiary/aromatic N) is 1. The van der Waals surface area contributed by atoms with Crippen LogP contribution in [0.4, 0.5) is 5.69 Å². The molecule has 6 nitrogen and oxygen atoms in total. The fourth-order valence-corrected chi connectivity index (χ4v) is 5.90. The second-order valence-corrected chi connectivity index (χ2v) is 10.3. The number of aromatic hydroxyl groups is 1. The zero-order valence-electron chi connectivity index (χ0n) is 14.0. The minimum absolute atomic E-state index is 0.00139. The van der Waals surface area contributed by atoms with Crippen LogP contribution in [-0.2, 0) is 10.0 Å². The van der Waals surface area contributed by atoms with Crippen LogP contribution in [0.5, 0.6) is 5.75 Å². The molecule has 4 N–H and O–H groups in total. The monoisotopic (exact) mass is 399 g/mol. The molecule has 0 unspecified atom stereocenters. The van der Waals surface area contributed by atoms with Crippen LogP contribution in [0.3, 0.4) is 0 Å². The lowest BCUT2D eigenvalue weighted by Crippen LogP contribution is -2.36. The average molecular weight is 400 g/mol. The maximum atomic E-state index is 11.7. The Morgan fingerprint density at radius 3 is 2.80 bits per heavy atom. The zero-order chi connectivity index (χ0) is 18.2. The molecule has 0 aliphatic carbocycles. The van der Waals surface area contributed by atoms with Gasteiger partial charge in [-0.05, 0) is 42.6 Å². The van der Waals surface area contributed by atoms with Crippen LogP contribution in [-0.4, -0.2) is 26.6 Å². The first kappa shape index (κ1) is 18.5. The fraction of sp³-hybridized carbons (Fsp3) is 0.375. The Labute approximate surface area is 156 Å². The van der Waals surface area contributed by atoms with Gasteiger partial charge in [-0.1, -0.05) is 19.9 Å². The molecule has 2 heterocycles. The van der Waals surface area contributed by atoms with Gasteiger partial charge >= 0.3 is 0 Å². The lowest BCUT2D eigenvalue weighted by atomic mass is 10.1. The minimum atomic E-state index is -3.72. The quantitative estimate of drug-likeness (QED) is 0.669. The van der Waals surface area contributed by atoms with E-state index in [-0.39, 0.29) is 16.0 Å². The number of phenolic OH excluding ortho intramolecular Hbond substituents is 1. The lowest BCUT2D eigenvalue weighted by molar-refractivity contribution is 0.473. The molecule has 3 rings (SSSR count). The number of sulfonamides is 1. The van der Waals surface area contributed by atoms with Gasteiger partial charge in [0.15, 0.2) is 0 Å². The van der Waals surface area contributed by atoms with Crippen molar-refractivity contribution in [3.63, 3.8) is 0 Å². The molecule has 0 amide bonds. The van der Waals surface area contributed by atoms with Gasteiger partial charge in [0.25, 0.3) is 0 Å². The highest BCUT2D eigenvalue weighted by molar-refractivity contribution is 8.01. The Morgan fingerprint density at radius 1 is 1.40 bits per heavy atom. The maximum absolute atomic E-state index is 11.7. The number of primary sulfonamides is 1. The summed E-state index contributed by atoms with van der Waals surface area (Å²) in [4.78, 5) is 1.87. The van der Waals surface area contributed by atoms with E-state index in [1.165, 1.54) is 23.3 Å². The van der Waals surface area contributed by atoms with Gasteiger partial charge in [0.2, 0.25) is 10.0 Å². The van der Waals surface area contributed by atoms with Gasteiger partial charge in [0, 0.05) is 15.8 Å². The third kappa shape index (κ3) is 4.29. The van der Waals surface area contributed by atoms with Crippen molar-refractivity contribution in [3.8, 4) is 5.75 Å². The van der Waals surface area contributed by atoms with Crippen LogP contribution in [0, 0.1) is 5.92 Å². The third-order valence-corrected chi connectivity index (χ3v) is 7.66. The van der Waals surface area contributed by atoms with E-state index in [9.17, 15) is 13.5 Å². The first-order valence-corrected chi connectivity index (χ1v) is 11.0. The van der Waals surface area contributed by atoms with Gasteiger partial charge in [-0.2, -0.15) is 0 Å². The highest BCUT2D eigenvalue weighted by Crippen LogP contribution is 2.45. The molecule has 0 bridgehead atoms. The predicted molar refractivity (Wildman–Crippen MR) is 103 cm³/mol. The molecule has 0 spiro atoms. The number of fused-ring (bicyclic) bond motifs is 1. The molecule has 25 heavy (non-hydrogen) atoms. The Bertz CT molecular complexity index is 865. The van der Waals surface area contributed by atoms with Crippen LogP contribution < -0.4 is 14.8 Å². The average Bonchev–Trinajstić information content (AvgIpc) is 2.96. The van der Waals surface area contributed by atoms with Crippen LogP contribution >= 0.6 is 23.3 Å². The number of anilines is 1. The Balaban J connectivity index is 1.96. The first-order chi connectivity index (χ1) is 11.7. The van der Waals surface area contributed by atoms with Gasteiger partial charge in [-0.15, -0.1) is 11.3 Å². The largest absolute Gasteiger partial charge is 0.508 e. The Hall–Kier alpha value is -1.26. The lowest BCUT2D eigenvalue weighted by Gasteiger charge is -2.33. The standard InChI is InChI=1S/C16H21N3O3S3/c1-10(2)8-18-13-9-19(11-4-3-5-12(20)6-11)24-14-7-15(23-16(13)14)25(17,21)22/h3-7,10,13,18,20H,8-9H2,1-2H3,(H2,17,21,22)/t13-/m1/s1. The molecule has 0 radical (unpaired) electrons. The summed E-state index contributed by atoms with van der Waals surface area (Å²) in [5.74, 6) is 0.677. The molecule has 1 aliphatic rings. The Morgan fingerprint density at radius 2 is 2.16 bits per heavy atom. The molecule has 136 valence electrons.